The first-order chi connectivity index (χ1) is 16.5. The van der Waals surface area contributed by atoms with Crippen LogP contribution in [-0.2, 0) is 20.7 Å². The van der Waals surface area contributed by atoms with Gasteiger partial charge in [-0.3, -0.25) is 9.59 Å². The van der Waals surface area contributed by atoms with Crippen LogP contribution in [-0.4, -0.2) is 38.6 Å². The molecule has 0 atom stereocenters. The van der Waals surface area contributed by atoms with Gasteiger partial charge in [-0.05, 0) is 60.5 Å². The number of carbonyl (C=O) groups excluding carboxylic acids is 3. The van der Waals surface area contributed by atoms with Gasteiger partial charge in [0.05, 0.1) is 25.5 Å². The van der Waals surface area contributed by atoms with Gasteiger partial charge in [0.15, 0.2) is 6.61 Å². The summed E-state index contributed by atoms with van der Waals surface area (Å²) in [5.41, 5.74) is 2.03. The van der Waals surface area contributed by atoms with E-state index in [1.165, 1.54) is 6.07 Å². The lowest BCUT2D eigenvalue weighted by molar-refractivity contribution is -0.119. The van der Waals surface area contributed by atoms with Crippen LogP contribution in [0.1, 0.15) is 22.3 Å². The van der Waals surface area contributed by atoms with Gasteiger partial charge in [-0.2, -0.15) is 0 Å². The van der Waals surface area contributed by atoms with Gasteiger partial charge in [0.2, 0.25) is 5.91 Å². The summed E-state index contributed by atoms with van der Waals surface area (Å²) >= 11 is 0. The molecule has 176 valence electrons. The highest BCUT2D eigenvalue weighted by atomic mass is 16.5. The van der Waals surface area contributed by atoms with Crippen LogP contribution in [0.15, 0.2) is 72.8 Å². The molecule has 3 rings (SSSR count). The van der Waals surface area contributed by atoms with E-state index in [2.05, 4.69) is 10.6 Å². The maximum absolute atomic E-state index is 12.5. The topological polar surface area (TPSA) is 103 Å². The molecule has 0 saturated carbocycles. The molecule has 0 unspecified atom stereocenters. The van der Waals surface area contributed by atoms with Crippen LogP contribution < -0.4 is 20.1 Å². The molecule has 2 N–H and O–H groups in total. The molecule has 8 nitrogen and oxygen atoms in total. The number of amides is 2. The van der Waals surface area contributed by atoms with E-state index in [1.807, 2.05) is 24.3 Å². The average molecular weight is 463 g/mol. The highest BCUT2D eigenvalue weighted by molar-refractivity contribution is 6.02. The summed E-state index contributed by atoms with van der Waals surface area (Å²) in [5, 5.41) is 5.38. The van der Waals surface area contributed by atoms with Gasteiger partial charge < -0.3 is 24.8 Å². The highest BCUT2D eigenvalue weighted by Gasteiger charge is 2.16. The van der Waals surface area contributed by atoms with Crippen molar-refractivity contribution in [3.63, 3.8) is 0 Å². The summed E-state index contributed by atoms with van der Waals surface area (Å²) in [5.74, 6) is -0.0332. The monoisotopic (exact) mass is 462 g/mol. The number of aryl methyl sites for hydroxylation is 1. The molecule has 0 radical (unpaired) electrons. The van der Waals surface area contributed by atoms with Crippen LogP contribution in [0.2, 0.25) is 0 Å². The van der Waals surface area contributed by atoms with E-state index in [-0.39, 0.29) is 17.9 Å². The molecule has 3 aromatic rings. The lowest BCUT2D eigenvalue weighted by Gasteiger charge is -2.11. The number of benzene rings is 3. The quantitative estimate of drug-likeness (QED) is 0.440. The Kier molecular flexibility index (Phi) is 8.62. The number of anilines is 2. The molecule has 2 amide bonds. The fourth-order valence-corrected chi connectivity index (χ4v) is 3.11. The summed E-state index contributed by atoms with van der Waals surface area (Å²) in [6.45, 7) is -0.468. The third-order valence-corrected chi connectivity index (χ3v) is 4.93. The second kappa shape index (κ2) is 12.1. The lowest BCUT2D eigenvalue weighted by atomic mass is 10.1. The number of hydrogen-bond acceptors (Lipinski definition) is 6. The van der Waals surface area contributed by atoms with Crippen molar-refractivity contribution in [2.75, 3.05) is 31.5 Å². The van der Waals surface area contributed by atoms with Crippen LogP contribution >= 0.6 is 0 Å². The molecule has 0 bridgehead atoms. The van der Waals surface area contributed by atoms with Crippen molar-refractivity contribution in [1.82, 2.24) is 0 Å². The van der Waals surface area contributed by atoms with E-state index >= 15 is 0 Å². The average Bonchev–Trinajstić information content (AvgIpc) is 2.87. The molecular weight excluding hydrogens is 436 g/mol. The molecule has 0 spiro atoms. The summed E-state index contributed by atoms with van der Waals surface area (Å²) < 4.78 is 15.3. The molecule has 0 aliphatic rings. The Morgan fingerprint density at radius 2 is 1.35 bits per heavy atom. The van der Waals surface area contributed by atoms with Gasteiger partial charge >= 0.3 is 5.97 Å². The Hall–Kier alpha value is -4.33. The second-order valence-corrected chi connectivity index (χ2v) is 7.29. The number of rotatable bonds is 10. The zero-order valence-corrected chi connectivity index (χ0v) is 19.0. The van der Waals surface area contributed by atoms with Crippen molar-refractivity contribution in [3.8, 4) is 11.5 Å². The maximum atomic E-state index is 12.5. The Balaban J connectivity index is 1.51. The smallest absolute Gasteiger partial charge is 0.340 e. The number of para-hydroxylation sites is 1. The number of hydrogen-bond donors (Lipinski definition) is 2. The zero-order chi connectivity index (χ0) is 24.3. The zero-order valence-electron chi connectivity index (χ0n) is 19.0. The normalized spacial score (nSPS) is 10.2. The fourth-order valence-electron chi connectivity index (χ4n) is 3.11. The summed E-state index contributed by atoms with van der Waals surface area (Å²) in [4.78, 5) is 37.1. The van der Waals surface area contributed by atoms with E-state index in [0.717, 1.165) is 11.3 Å². The van der Waals surface area contributed by atoms with Gasteiger partial charge in [-0.25, -0.2) is 4.79 Å². The van der Waals surface area contributed by atoms with Crippen molar-refractivity contribution < 1.29 is 28.6 Å². The van der Waals surface area contributed by atoms with E-state index in [0.29, 0.717) is 23.5 Å². The standard InChI is InChI=1S/C26H26N2O6/c1-32-20-12-7-18(8-13-20)9-16-24(29)28-23-6-4-3-5-22(23)26(31)34-17-25(30)27-19-10-14-21(33-2)15-11-19/h3-8,10-15H,9,16-17H2,1-2H3,(H,27,30)(H,28,29). The number of esters is 1. The Morgan fingerprint density at radius 1 is 0.735 bits per heavy atom. The third-order valence-electron chi connectivity index (χ3n) is 4.93. The SMILES string of the molecule is COc1ccc(CCC(=O)Nc2ccccc2C(=O)OCC(=O)Nc2ccc(OC)cc2)cc1. The largest absolute Gasteiger partial charge is 0.497 e. The molecule has 0 aromatic heterocycles. The minimum atomic E-state index is -0.712. The molecular formula is C26H26N2O6. The number of carbonyl (C=O) groups is 3. The van der Waals surface area contributed by atoms with Gasteiger partial charge in [-0.1, -0.05) is 24.3 Å². The van der Waals surface area contributed by atoms with Crippen molar-refractivity contribution >= 4 is 29.2 Å². The predicted molar refractivity (Wildman–Crippen MR) is 128 cm³/mol. The molecule has 0 saturated heterocycles. The minimum Gasteiger partial charge on any atom is -0.497 e. The Labute approximate surface area is 197 Å². The number of ether oxygens (including phenoxy) is 3. The maximum Gasteiger partial charge on any atom is 0.340 e. The molecule has 0 aliphatic heterocycles. The molecule has 0 fully saturated rings. The summed E-state index contributed by atoms with van der Waals surface area (Å²) in [6, 6.07) is 20.7. The van der Waals surface area contributed by atoms with Crippen LogP contribution in [0.5, 0.6) is 11.5 Å². The predicted octanol–water partition coefficient (Wildman–Crippen LogP) is 4.07. The van der Waals surface area contributed by atoms with Crippen LogP contribution in [0.3, 0.4) is 0 Å². The lowest BCUT2D eigenvalue weighted by Crippen LogP contribution is -2.22. The summed E-state index contributed by atoms with van der Waals surface area (Å²) in [6.07, 6.45) is 0.772. The summed E-state index contributed by atoms with van der Waals surface area (Å²) in [7, 11) is 3.15. The molecule has 0 aliphatic carbocycles. The van der Waals surface area contributed by atoms with Crippen LogP contribution in [0.25, 0.3) is 0 Å². The second-order valence-electron chi connectivity index (χ2n) is 7.29. The Morgan fingerprint density at radius 3 is 2.00 bits per heavy atom. The molecule has 0 heterocycles. The minimum absolute atomic E-state index is 0.164. The molecule has 8 heteroatoms. The highest BCUT2D eigenvalue weighted by Crippen LogP contribution is 2.18. The van der Waals surface area contributed by atoms with Gasteiger partial charge in [0.1, 0.15) is 11.5 Å². The van der Waals surface area contributed by atoms with E-state index < -0.39 is 18.5 Å². The van der Waals surface area contributed by atoms with E-state index in [1.54, 1.807) is 56.7 Å². The number of methoxy groups -OCH3 is 2. The Bertz CT molecular complexity index is 1130. The van der Waals surface area contributed by atoms with Crippen molar-refractivity contribution in [2.45, 2.75) is 12.8 Å². The fraction of sp³-hybridized carbons (Fsp3) is 0.192. The van der Waals surface area contributed by atoms with Crippen molar-refractivity contribution in [3.05, 3.63) is 83.9 Å². The van der Waals surface area contributed by atoms with E-state index in [9.17, 15) is 14.4 Å². The first-order valence-electron chi connectivity index (χ1n) is 10.6. The first kappa shape index (κ1) is 24.3. The van der Waals surface area contributed by atoms with Gasteiger partial charge in [0, 0.05) is 12.1 Å². The van der Waals surface area contributed by atoms with Crippen molar-refractivity contribution in [2.24, 2.45) is 0 Å². The van der Waals surface area contributed by atoms with Crippen LogP contribution in [0, 0.1) is 0 Å². The molecule has 3 aromatic carbocycles. The van der Waals surface area contributed by atoms with Gasteiger partial charge in [0.25, 0.3) is 5.91 Å². The van der Waals surface area contributed by atoms with Gasteiger partial charge in [-0.15, -0.1) is 0 Å². The first-order valence-corrected chi connectivity index (χ1v) is 10.6. The van der Waals surface area contributed by atoms with E-state index in [4.69, 9.17) is 14.2 Å². The molecule has 34 heavy (non-hydrogen) atoms. The number of nitrogens with one attached hydrogen (secondary N) is 2. The van der Waals surface area contributed by atoms with Crippen LogP contribution in [0.4, 0.5) is 11.4 Å². The third kappa shape index (κ3) is 7.09. The van der Waals surface area contributed by atoms with Crippen molar-refractivity contribution in [1.29, 1.82) is 0 Å².